The molecule has 0 aromatic heterocycles. The number of benzene rings is 1. The van der Waals surface area contributed by atoms with Gasteiger partial charge in [-0.15, -0.1) is 0 Å². The molecule has 0 radical (unpaired) electrons. The molecule has 0 saturated heterocycles. The molecule has 0 amide bonds. The van der Waals surface area contributed by atoms with E-state index >= 15 is 0 Å². The molecule has 0 bridgehead atoms. The minimum Gasteiger partial charge on any atom is -0.493 e. The number of anilines is 1. The van der Waals surface area contributed by atoms with Crippen LogP contribution < -0.4 is 20.2 Å². The molecule has 1 N–H and O–H groups in total. The number of para-hydroxylation sites is 1. The lowest BCUT2D eigenvalue weighted by molar-refractivity contribution is 0.104. The fraction of sp³-hybridized carbons (Fsp3) is 0.158. The molecule has 2 aromatic rings. The van der Waals surface area contributed by atoms with Crippen LogP contribution in [0.25, 0.3) is 6.08 Å². The van der Waals surface area contributed by atoms with Crippen LogP contribution in [0.5, 0.6) is 11.5 Å². The van der Waals surface area contributed by atoms with Crippen molar-refractivity contribution in [3.8, 4) is 11.5 Å². The predicted octanol–water partition coefficient (Wildman–Crippen LogP) is 3.00. The van der Waals surface area contributed by atoms with Crippen LogP contribution in [0.4, 0.5) is 5.69 Å². The van der Waals surface area contributed by atoms with Crippen LogP contribution in [0.2, 0.25) is 0 Å². The number of methoxy groups -OCH3 is 2. The van der Waals surface area contributed by atoms with Crippen LogP contribution in [-0.4, -0.2) is 27.1 Å². The number of hydrogen-bond acceptors (Lipinski definition) is 5. The molecule has 2 aromatic carbocycles. The first kappa shape index (κ1) is 17.3. The highest BCUT2D eigenvalue weighted by Crippen LogP contribution is 2.31. The first-order chi connectivity index (χ1) is 11.6. The van der Waals surface area contributed by atoms with E-state index in [0.717, 1.165) is 0 Å². The van der Waals surface area contributed by atoms with Gasteiger partial charge in [0.25, 0.3) is 0 Å². The van der Waals surface area contributed by atoms with E-state index in [4.69, 9.17) is 9.47 Å². The van der Waals surface area contributed by atoms with Gasteiger partial charge in [0.2, 0.25) is 5.43 Å². The van der Waals surface area contributed by atoms with Gasteiger partial charge in [-0.25, -0.2) is 0 Å². The SMILES string of the molecule is CNc1ccccc(C(=O)/C=C\c2cccc(OC)c2OC)c1=O. The second-order valence-electron chi connectivity index (χ2n) is 4.91. The molecule has 0 aliphatic carbocycles. The van der Waals surface area contributed by atoms with Gasteiger partial charge in [-0.05, 0) is 30.4 Å². The minimum absolute atomic E-state index is 0.0995. The summed E-state index contributed by atoms with van der Waals surface area (Å²) in [6.07, 6.45) is 2.96. The Morgan fingerprint density at radius 1 is 1.04 bits per heavy atom. The molecule has 124 valence electrons. The Labute approximate surface area is 140 Å². The largest absolute Gasteiger partial charge is 0.493 e. The summed E-state index contributed by atoms with van der Waals surface area (Å²) in [6, 6.07) is 11.9. The number of allylic oxidation sites excluding steroid dienone is 1. The average molecular weight is 325 g/mol. The molecular formula is C19H19NO4. The lowest BCUT2D eigenvalue weighted by Gasteiger charge is -2.09. The Balaban J connectivity index is 2.40. The maximum Gasteiger partial charge on any atom is 0.212 e. The molecule has 2 rings (SSSR count). The molecule has 0 heterocycles. The van der Waals surface area contributed by atoms with E-state index in [9.17, 15) is 9.59 Å². The van der Waals surface area contributed by atoms with Crippen LogP contribution in [0.3, 0.4) is 0 Å². The van der Waals surface area contributed by atoms with Crippen molar-refractivity contribution in [1.82, 2.24) is 0 Å². The fourth-order valence-electron chi connectivity index (χ4n) is 2.29. The van der Waals surface area contributed by atoms with Gasteiger partial charge in [-0.3, -0.25) is 9.59 Å². The average Bonchev–Trinajstić information content (AvgIpc) is 2.80. The van der Waals surface area contributed by atoms with Crippen molar-refractivity contribution < 1.29 is 14.3 Å². The van der Waals surface area contributed by atoms with Crippen LogP contribution in [-0.2, 0) is 0 Å². The maximum atomic E-state index is 12.4. The standard InChI is InChI=1S/C19H19NO4/c1-20-15-9-5-4-8-14(18(15)22)16(21)12-11-13-7-6-10-17(23-2)19(13)24-3/h4-12H,1-3H3,(H,20,22)/b12-11-. The molecular weight excluding hydrogens is 306 g/mol. The number of rotatable bonds is 6. The predicted molar refractivity (Wildman–Crippen MR) is 95.2 cm³/mol. The number of ketones is 1. The molecule has 0 unspecified atom stereocenters. The Bertz CT molecular complexity index is 828. The van der Waals surface area contributed by atoms with Gasteiger partial charge in [-0.1, -0.05) is 24.3 Å². The Kier molecular flexibility index (Phi) is 5.73. The van der Waals surface area contributed by atoms with Gasteiger partial charge in [0.15, 0.2) is 17.3 Å². The van der Waals surface area contributed by atoms with E-state index < -0.39 is 0 Å². The van der Waals surface area contributed by atoms with Gasteiger partial charge >= 0.3 is 0 Å². The van der Waals surface area contributed by atoms with Gasteiger partial charge < -0.3 is 14.8 Å². The zero-order valence-corrected chi connectivity index (χ0v) is 13.8. The lowest BCUT2D eigenvalue weighted by atomic mass is 10.1. The molecule has 24 heavy (non-hydrogen) atoms. The molecule has 0 saturated carbocycles. The highest BCUT2D eigenvalue weighted by Gasteiger charge is 2.10. The minimum atomic E-state index is -0.377. The van der Waals surface area contributed by atoms with Gasteiger partial charge in [0, 0.05) is 12.6 Å². The first-order valence-corrected chi connectivity index (χ1v) is 7.37. The van der Waals surface area contributed by atoms with Gasteiger partial charge in [0.1, 0.15) is 0 Å². The number of ether oxygens (including phenoxy) is 2. The summed E-state index contributed by atoms with van der Waals surface area (Å²) >= 11 is 0. The van der Waals surface area contributed by atoms with E-state index in [0.29, 0.717) is 22.7 Å². The summed E-state index contributed by atoms with van der Waals surface area (Å²) in [5.41, 5.74) is 0.819. The fourth-order valence-corrected chi connectivity index (χ4v) is 2.29. The van der Waals surface area contributed by atoms with E-state index in [1.807, 2.05) is 0 Å². The summed E-state index contributed by atoms with van der Waals surface area (Å²) in [5, 5.41) is 2.79. The lowest BCUT2D eigenvalue weighted by Crippen LogP contribution is -2.14. The number of carbonyl (C=O) groups is 1. The third-order valence-corrected chi connectivity index (χ3v) is 3.51. The van der Waals surface area contributed by atoms with Crippen LogP contribution in [0, 0.1) is 0 Å². The molecule has 0 aliphatic heterocycles. The Morgan fingerprint density at radius 2 is 1.79 bits per heavy atom. The van der Waals surface area contributed by atoms with Crippen molar-refractivity contribution in [2.24, 2.45) is 0 Å². The Morgan fingerprint density at radius 3 is 2.46 bits per heavy atom. The normalized spacial score (nSPS) is 10.5. The zero-order valence-electron chi connectivity index (χ0n) is 13.8. The maximum absolute atomic E-state index is 12.4. The van der Waals surface area contributed by atoms with E-state index in [1.165, 1.54) is 19.3 Å². The first-order valence-electron chi connectivity index (χ1n) is 7.37. The smallest absolute Gasteiger partial charge is 0.212 e. The summed E-state index contributed by atoms with van der Waals surface area (Å²) in [6.45, 7) is 0. The van der Waals surface area contributed by atoms with Crippen molar-refractivity contribution in [3.05, 3.63) is 69.9 Å². The molecule has 5 heteroatoms. The molecule has 0 fully saturated rings. The molecule has 0 spiro atoms. The van der Waals surface area contributed by atoms with E-state index in [-0.39, 0.29) is 16.8 Å². The van der Waals surface area contributed by atoms with Crippen molar-refractivity contribution in [2.75, 3.05) is 26.6 Å². The van der Waals surface area contributed by atoms with E-state index in [2.05, 4.69) is 5.32 Å². The summed E-state index contributed by atoms with van der Waals surface area (Å²) in [7, 11) is 4.72. The third kappa shape index (κ3) is 3.63. The monoisotopic (exact) mass is 325 g/mol. The zero-order chi connectivity index (χ0) is 17.5. The second-order valence-corrected chi connectivity index (χ2v) is 4.91. The number of carbonyl (C=O) groups excluding carboxylic acids is 1. The van der Waals surface area contributed by atoms with Crippen LogP contribution >= 0.6 is 0 Å². The number of nitrogens with one attached hydrogen (secondary N) is 1. The summed E-state index contributed by atoms with van der Waals surface area (Å²) in [4.78, 5) is 24.7. The van der Waals surface area contributed by atoms with Crippen molar-refractivity contribution >= 4 is 17.5 Å². The third-order valence-electron chi connectivity index (χ3n) is 3.51. The summed E-state index contributed by atoms with van der Waals surface area (Å²) < 4.78 is 10.5. The Hall–Kier alpha value is -3.08. The van der Waals surface area contributed by atoms with Crippen LogP contribution in [0.1, 0.15) is 15.9 Å². The van der Waals surface area contributed by atoms with Crippen LogP contribution in [0.15, 0.2) is 53.3 Å². The molecule has 0 aliphatic rings. The molecule has 0 atom stereocenters. The van der Waals surface area contributed by atoms with Crippen molar-refractivity contribution in [2.45, 2.75) is 0 Å². The van der Waals surface area contributed by atoms with Crippen molar-refractivity contribution in [3.63, 3.8) is 0 Å². The van der Waals surface area contributed by atoms with Crippen molar-refractivity contribution in [1.29, 1.82) is 0 Å². The number of hydrogen-bond donors (Lipinski definition) is 1. The highest BCUT2D eigenvalue weighted by molar-refractivity contribution is 6.07. The van der Waals surface area contributed by atoms with Gasteiger partial charge in [0.05, 0.1) is 25.5 Å². The summed E-state index contributed by atoms with van der Waals surface area (Å²) in [5.74, 6) is 0.721. The second kappa shape index (κ2) is 7.97. The topological polar surface area (TPSA) is 64.6 Å². The molecule has 5 nitrogen and oxygen atoms in total. The highest BCUT2D eigenvalue weighted by atomic mass is 16.5. The van der Waals surface area contributed by atoms with E-state index in [1.54, 1.807) is 56.6 Å². The quantitative estimate of drug-likeness (QED) is 0.653. The van der Waals surface area contributed by atoms with Gasteiger partial charge in [-0.2, -0.15) is 0 Å².